The third-order valence-corrected chi connectivity index (χ3v) is 15.6. The van der Waals surface area contributed by atoms with Gasteiger partial charge in [-0.2, -0.15) is 0 Å². The van der Waals surface area contributed by atoms with Crippen molar-refractivity contribution in [3.05, 3.63) is 47.7 Å². The summed E-state index contributed by atoms with van der Waals surface area (Å²) in [5.41, 5.74) is 10.8. The molecule has 0 bridgehead atoms. The molecule has 0 aromatic carbocycles. The van der Waals surface area contributed by atoms with Gasteiger partial charge in [-0.15, -0.1) is 0 Å². The van der Waals surface area contributed by atoms with E-state index in [-0.39, 0.29) is 16.9 Å². The second kappa shape index (κ2) is 11.2. The van der Waals surface area contributed by atoms with Gasteiger partial charge in [0.15, 0.2) is 0 Å². The number of pyridine rings is 1. The van der Waals surface area contributed by atoms with Crippen LogP contribution in [0.25, 0.3) is 0 Å². The van der Waals surface area contributed by atoms with Crippen molar-refractivity contribution in [2.45, 2.75) is 131 Å². The van der Waals surface area contributed by atoms with Crippen LogP contribution < -0.4 is 10.5 Å². The van der Waals surface area contributed by atoms with Crippen molar-refractivity contribution in [1.82, 2.24) is 4.98 Å². The van der Waals surface area contributed by atoms with Gasteiger partial charge in [-0.3, -0.25) is 4.79 Å². The molecule has 0 amide bonds. The summed E-state index contributed by atoms with van der Waals surface area (Å²) in [6.45, 7) is 15.7. The first kappa shape index (κ1) is 32.4. The number of nitrogens with zero attached hydrogens (tertiary/aromatic N) is 1. The maximum atomic E-state index is 13.4. The average molecular weight is 629 g/mol. The maximum Gasteiger partial charge on any atom is 0.315 e. The van der Waals surface area contributed by atoms with Crippen LogP contribution in [0.1, 0.15) is 125 Å². The molecule has 6 aliphatic rings. The topological polar surface area (TPSA) is 74.4 Å². The second-order valence-corrected chi connectivity index (χ2v) is 17.9. The van der Waals surface area contributed by atoms with E-state index in [1.807, 2.05) is 25.1 Å². The SMILES string of the molecule is CCOC(=O)C1(COc2ccccn2)CC=C(C2=CC[C@@]3(C)C(CC[C@]4(C)C3CC[C@]3(C)C5CCC[C@]5(N)CCC43)C2(C)C)CC1. The summed E-state index contributed by atoms with van der Waals surface area (Å²) in [6.07, 6.45) is 22.1. The van der Waals surface area contributed by atoms with Crippen molar-refractivity contribution in [3.63, 3.8) is 0 Å². The molecule has 252 valence electrons. The van der Waals surface area contributed by atoms with Gasteiger partial charge in [-0.1, -0.05) is 59.3 Å². The van der Waals surface area contributed by atoms with E-state index < -0.39 is 5.41 Å². The van der Waals surface area contributed by atoms with Gasteiger partial charge in [0.1, 0.15) is 12.0 Å². The minimum absolute atomic E-state index is 0.0970. The average Bonchev–Trinajstić information content (AvgIpc) is 3.43. The quantitative estimate of drug-likeness (QED) is 0.318. The second-order valence-electron chi connectivity index (χ2n) is 17.9. The molecule has 7 rings (SSSR count). The van der Waals surface area contributed by atoms with Gasteiger partial charge in [0.05, 0.1) is 6.61 Å². The highest BCUT2D eigenvalue weighted by Gasteiger charge is 2.68. The van der Waals surface area contributed by atoms with Crippen LogP contribution in [-0.2, 0) is 9.53 Å². The first-order valence-corrected chi connectivity index (χ1v) is 18.7. The van der Waals surface area contributed by atoms with E-state index in [0.717, 1.165) is 24.7 Å². The molecule has 5 heteroatoms. The zero-order valence-electron chi connectivity index (χ0n) is 29.6. The van der Waals surface area contributed by atoms with Crippen molar-refractivity contribution in [2.75, 3.05) is 13.2 Å². The molecule has 1 heterocycles. The lowest BCUT2D eigenvalue weighted by Gasteiger charge is -2.71. The zero-order chi connectivity index (χ0) is 32.6. The fourth-order valence-electron chi connectivity index (χ4n) is 13.5. The number of hydrogen-bond donors (Lipinski definition) is 1. The van der Waals surface area contributed by atoms with Crippen LogP contribution in [0.5, 0.6) is 5.88 Å². The zero-order valence-corrected chi connectivity index (χ0v) is 29.6. The van der Waals surface area contributed by atoms with Gasteiger partial charge >= 0.3 is 5.97 Å². The smallest absolute Gasteiger partial charge is 0.315 e. The van der Waals surface area contributed by atoms with E-state index in [4.69, 9.17) is 15.2 Å². The van der Waals surface area contributed by atoms with Gasteiger partial charge in [0.2, 0.25) is 5.88 Å². The lowest BCUT2D eigenvalue weighted by molar-refractivity contribution is -0.203. The Morgan fingerprint density at radius 2 is 1.57 bits per heavy atom. The predicted octanol–water partition coefficient (Wildman–Crippen LogP) is 9.22. The number of allylic oxidation sites excluding steroid dienone is 4. The van der Waals surface area contributed by atoms with Crippen LogP contribution in [0, 0.1) is 50.7 Å². The summed E-state index contributed by atoms with van der Waals surface area (Å²) in [5, 5.41) is 0. The number of ether oxygens (including phenoxy) is 2. The van der Waals surface area contributed by atoms with E-state index in [1.165, 1.54) is 69.8 Å². The molecule has 0 saturated heterocycles. The molecule has 0 spiro atoms. The summed E-state index contributed by atoms with van der Waals surface area (Å²) < 4.78 is 11.7. The monoisotopic (exact) mass is 628 g/mol. The van der Waals surface area contributed by atoms with Crippen LogP contribution in [0.4, 0.5) is 0 Å². The molecule has 1 aromatic rings. The van der Waals surface area contributed by atoms with Crippen molar-refractivity contribution in [2.24, 2.45) is 56.5 Å². The van der Waals surface area contributed by atoms with Crippen molar-refractivity contribution < 1.29 is 14.3 Å². The summed E-state index contributed by atoms with van der Waals surface area (Å²) in [4.78, 5) is 17.7. The molecule has 9 atom stereocenters. The third-order valence-electron chi connectivity index (χ3n) is 15.6. The highest BCUT2D eigenvalue weighted by atomic mass is 16.5. The van der Waals surface area contributed by atoms with E-state index in [9.17, 15) is 4.79 Å². The Kier molecular flexibility index (Phi) is 7.90. The first-order valence-electron chi connectivity index (χ1n) is 18.7. The maximum absolute atomic E-state index is 13.4. The van der Waals surface area contributed by atoms with Crippen LogP contribution >= 0.6 is 0 Å². The minimum Gasteiger partial charge on any atom is -0.476 e. The highest BCUT2D eigenvalue weighted by molar-refractivity contribution is 5.78. The number of carbonyl (C=O) groups is 1. The molecule has 5 nitrogen and oxygen atoms in total. The molecule has 1 aromatic heterocycles. The Labute approximate surface area is 278 Å². The molecular formula is C41H60N2O3. The molecule has 4 fully saturated rings. The molecule has 0 radical (unpaired) electrons. The van der Waals surface area contributed by atoms with E-state index >= 15 is 0 Å². The lowest BCUT2D eigenvalue weighted by Crippen LogP contribution is -2.66. The van der Waals surface area contributed by atoms with Gasteiger partial charge < -0.3 is 15.2 Å². The lowest BCUT2D eigenvalue weighted by atomic mass is 9.34. The molecule has 46 heavy (non-hydrogen) atoms. The molecule has 6 aliphatic carbocycles. The van der Waals surface area contributed by atoms with Crippen LogP contribution in [-0.4, -0.2) is 29.7 Å². The molecule has 4 saturated carbocycles. The standard InChI is InChI=1S/C41H60N2O3/c1-7-45-35(44)40(27-46-34-12-8-9-26-43-34)23-13-28(14-24-40)29-15-20-37(4)30(36(29,2)3)16-21-38(5)31(37)17-22-39(6)32(38)18-25-41(42)19-10-11-33(39)41/h8-9,12-13,15,26,30-33H,7,10-11,14,16-25,27,42H2,1-6H3/t30?,31?,32?,33?,37-,38+,39-,40?,41-/m0/s1. The van der Waals surface area contributed by atoms with Crippen molar-refractivity contribution in [1.29, 1.82) is 0 Å². The van der Waals surface area contributed by atoms with Crippen LogP contribution in [0.2, 0.25) is 0 Å². The van der Waals surface area contributed by atoms with Crippen molar-refractivity contribution in [3.8, 4) is 5.88 Å². The van der Waals surface area contributed by atoms with Crippen molar-refractivity contribution >= 4 is 5.97 Å². The Morgan fingerprint density at radius 1 is 0.848 bits per heavy atom. The number of aromatic nitrogens is 1. The number of nitrogens with two attached hydrogens (primary N) is 1. The molecule has 0 aliphatic heterocycles. The van der Waals surface area contributed by atoms with E-state index in [0.29, 0.717) is 53.6 Å². The summed E-state index contributed by atoms with van der Waals surface area (Å²) in [6, 6.07) is 5.65. The normalized spacial score (nSPS) is 44.4. The van der Waals surface area contributed by atoms with E-state index in [1.54, 1.807) is 11.8 Å². The number of carbonyl (C=O) groups excluding carboxylic acids is 1. The predicted molar refractivity (Wildman–Crippen MR) is 184 cm³/mol. The molecule has 5 unspecified atom stereocenters. The molecule has 2 N–H and O–H groups in total. The number of rotatable bonds is 6. The summed E-state index contributed by atoms with van der Waals surface area (Å²) in [5.74, 6) is 3.36. The number of esters is 1. The van der Waals surface area contributed by atoms with Crippen LogP contribution in [0.3, 0.4) is 0 Å². The highest BCUT2D eigenvalue weighted by Crippen LogP contribution is 2.75. The molecular weight excluding hydrogens is 568 g/mol. The van der Waals surface area contributed by atoms with Gasteiger partial charge in [0, 0.05) is 17.8 Å². The fraction of sp³-hybridized carbons (Fsp3) is 0.756. The summed E-state index contributed by atoms with van der Waals surface area (Å²) >= 11 is 0. The number of hydrogen-bond acceptors (Lipinski definition) is 5. The Morgan fingerprint density at radius 3 is 2.26 bits per heavy atom. The Bertz CT molecular complexity index is 1400. The van der Waals surface area contributed by atoms with Crippen LogP contribution in [0.15, 0.2) is 47.7 Å². The Balaban J connectivity index is 1.14. The minimum atomic E-state index is -0.674. The van der Waals surface area contributed by atoms with Gasteiger partial charge in [-0.25, -0.2) is 4.98 Å². The third kappa shape index (κ3) is 4.71. The number of fused-ring (bicyclic) bond motifs is 7. The fourth-order valence-corrected chi connectivity index (χ4v) is 13.5. The van der Waals surface area contributed by atoms with Gasteiger partial charge in [0.25, 0.3) is 0 Å². The van der Waals surface area contributed by atoms with Gasteiger partial charge in [-0.05, 0) is 147 Å². The van der Waals surface area contributed by atoms with E-state index in [2.05, 4.69) is 51.8 Å². The first-order chi connectivity index (χ1) is 21.8. The largest absolute Gasteiger partial charge is 0.476 e. The summed E-state index contributed by atoms with van der Waals surface area (Å²) in [7, 11) is 0. The Hall–Kier alpha value is -2.14.